The number of nitrogens with zero attached hydrogens (tertiary/aromatic N) is 5. The summed E-state index contributed by atoms with van der Waals surface area (Å²) in [6, 6.07) is 4.31. The van der Waals surface area contributed by atoms with Crippen molar-refractivity contribution < 1.29 is 29.3 Å². The van der Waals surface area contributed by atoms with Crippen LogP contribution in [0.1, 0.15) is 46.4 Å². The standard InChI is InChI=1S/C24H30N8O10/c25-5-3-8-26-6-1-2-7-27-9-4-10-28(23(33)17-11-19(29(35)36)15-20(12-17)30(37)38)24(34)18-13-21(31(39)40)16-22(14-18)32(41)42/h11-16,26-27H,1-10,25H2. The lowest BCUT2D eigenvalue weighted by atomic mass is 10.1. The first kappa shape index (κ1) is 33.3. The first-order valence-electron chi connectivity index (χ1n) is 12.8. The summed E-state index contributed by atoms with van der Waals surface area (Å²) < 4.78 is 0. The molecule has 0 spiro atoms. The molecule has 0 fully saturated rings. The molecule has 2 amide bonds. The van der Waals surface area contributed by atoms with Crippen LogP contribution >= 0.6 is 0 Å². The largest absolute Gasteiger partial charge is 0.330 e. The van der Waals surface area contributed by atoms with Crippen molar-refractivity contribution in [2.24, 2.45) is 5.73 Å². The van der Waals surface area contributed by atoms with Crippen molar-refractivity contribution in [2.45, 2.75) is 25.7 Å². The SMILES string of the molecule is NCCCNCCCCNCCCN(C(=O)c1cc([N+](=O)[O-])cc([N+](=O)[O-])c1)C(=O)c1cc([N+](=O)[O-])cc([N+](=O)[O-])c1. The minimum atomic E-state index is -1.16. The molecule has 0 aliphatic heterocycles. The fraction of sp³-hybridized carbons (Fsp3) is 0.417. The molecular formula is C24H30N8O10. The van der Waals surface area contributed by atoms with Gasteiger partial charge in [0.1, 0.15) is 0 Å². The van der Waals surface area contributed by atoms with Crippen LogP contribution in [0.4, 0.5) is 22.7 Å². The van der Waals surface area contributed by atoms with E-state index in [9.17, 15) is 50.0 Å². The van der Waals surface area contributed by atoms with Gasteiger partial charge in [-0.25, -0.2) is 0 Å². The molecule has 0 saturated heterocycles. The average Bonchev–Trinajstić information content (AvgIpc) is 2.96. The molecule has 0 saturated carbocycles. The molecule has 42 heavy (non-hydrogen) atoms. The summed E-state index contributed by atoms with van der Waals surface area (Å²) in [6.07, 6.45) is 2.75. The number of nitro groups is 4. The highest BCUT2D eigenvalue weighted by Crippen LogP contribution is 2.26. The number of carbonyl (C=O) groups excluding carboxylic acids is 2. The highest BCUT2D eigenvalue weighted by Gasteiger charge is 2.30. The molecule has 0 heterocycles. The van der Waals surface area contributed by atoms with E-state index >= 15 is 0 Å². The lowest BCUT2D eigenvalue weighted by Gasteiger charge is -2.21. The van der Waals surface area contributed by atoms with Crippen LogP contribution in [0, 0.1) is 40.5 Å². The van der Waals surface area contributed by atoms with E-state index in [1.165, 1.54) is 0 Å². The van der Waals surface area contributed by atoms with Crippen molar-refractivity contribution in [3.05, 3.63) is 88.0 Å². The second-order valence-corrected chi connectivity index (χ2v) is 8.97. The van der Waals surface area contributed by atoms with Gasteiger partial charge in [-0.3, -0.25) is 54.9 Å². The van der Waals surface area contributed by atoms with Gasteiger partial charge in [-0.1, -0.05) is 0 Å². The van der Waals surface area contributed by atoms with Gasteiger partial charge in [-0.05, 0) is 58.4 Å². The predicted octanol–water partition coefficient (Wildman–Crippen LogP) is 2.30. The number of carbonyl (C=O) groups is 2. The van der Waals surface area contributed by atoms with Crippen molar-refractivity contribution in [3.63, 3.8) is 0 Å². The summed E-state index contributed by atoms with van der Waals surface area (Å²) >= 11 is 0. The van der Waals surface area contributed by atoms with Crippen LogP contribution in [0.2, 0.25) is 0 Å². The van der Waals surface area contributed by atoms with Gasteiger partial charge in [0.05, 0.1) is 43.0 Å². The number of nitro benzene ring substituents is 4. The topological polar surface area (TPSA) is 260 Å². The van der Waals surface area contributed by atoms with Gasteiger partial charge in [-0.2, -0.15) is 0 Å². The summed E-state index contributed by atoms with van der Waals surface area (Å²) in [5.41, 5.74) is 1.23. The van der Waals surface area contributed by atoms with Crippen molar-refractivity contribution >= 4 is 34.6 Å². The van der Waals surface area contributed by atoms with Crippen molar-refractivity contribution in [1.82, 2.24) is 15.5 Å². The number of imide groups is 1. The Morgan fingerprint density at radius 2 is 0.929 bits per heavy atom. The molecule has 18 heteroatoms. The Balaban J connectivity index is 2.28. The number of amides is 2. The fourth-order valence-electron chi connectivity index (χ4n) is 3.81. The zero-order valence-electron chi connectivity index (χ0n) is 22.4. The summed E-state index contributed by atoms with van der Waals surface area (Å²) in [5.74, 6) is -2.32. The lowest BCUT2D eigenvalue weighted by Crippen LogP contribution is -2.39. The molecule has 2 aromatic rings. The van der Waals surface area contributed by atoms with Crippen LogP contribution in [0.25, 0.3) is 0 Å². The highest BCUT2D eigenvalue weighted by molar-refractivity contribution is 6.11. The van der Waals surface area contributed by atoms with E-state index in [0.29, 0.717) is 36.7 Å². The molecule has 0 unspecified atom stereocenters. The summed E-state index contributed by atoms with van der Waals surface area (Å²) in [5, 5.41) is 51.6. The van der Waals surface area contributed by atoms with Gasteiger partial charge in [-0.15, -0.1) is 0 Å². The second kappa shape index (κ2) is 16.4. The molecule has 0 bridgehead atoms. The van der Waals surface area contributed by atoms with Crippen molar-refractivity contribution in [3.8, 4) is 0 Å². The van der Waals surface area contributed by atoms with Crippen molar-refractivity contribution in [1.29, 1.82) is 0 Å². The Morgan fingerprint density at radius 1 is 0.595 bits per heavy atom. The third-order valence-corrected chi connectivity index (χ3v) is 5.88. The summed E-state index contributed by atoms with van der Waals surface area (Å²) in [7, 11) is 0. The molecule has 0 aliphatic rings. The third-order valence-electron chi connectivity index (χ3n) is 5.88. The van der Waals surface area contributed by atoms with Crippen LogP contribution in [-0.2, 0) is 0 Å². The average molecular weight is 591 g/mol. The predicted molar refractivity (Wildman–Crippen MR) is 148 cm³/mol. The van der Waals surface area contributed by atoms with Gasteiger partial charge >= 0.3 is 0 Å². The van der Waals surface area contributed by atoms with E-state index < -0.39 is 65.4 Å². The number of rotatable bonds is 18. The Hall–Kier alpha value is -4.94. The quantitative estimate of drug-likeness (QED) is 0.0975. The van der Waals surface area contributed by atoms with Gasteiger partial charge in [0.25, 0.3) is 34.6 Å². The number of nitrogens with one attached hydrogen (secondary N) is 2. The maximum Gasteiger partial charge on any atom is 0.277 e. The molecule has 0 radical (unpaired) electrons. The monoisotopic (exact) mass is 590 g/mol. The summed E-state index contributed by atoms with van der Waals surface area (Å²) in [4.78, 5) is 68.9. The van der Waals surface area contributed by atoms with Crippen LogP contribution in [0.5, 0.6) is 0 Å². The van der Waals surface area contributed by atoms with Crippen LogP contribution in [0.15, 0.2) is 36.4 Å². The Bertz CT molecular complexity index is 1180. The van der Waals surface area contributed by atoms with E-state index in [4.69, 9.17) is 5.73 Å². The Morgan fingerprint density at radius 3 is 1.26 bits per heavy atom. The van der Waals surface area contributed by atoms with Crippen LogP contribution < -0.4 is 16.4 Å². The molecule has 0 atom stereocenters. The number of hydrogen-bond donors (Lipinski definition) is 3. The Labute approximate surface area is 238 Å². The van der Waals surface area contributed by atoms with E-state index in [0.717, 1.165) is 56.6 Å². The number of nitrogens with two attached hydrogens (primary N) is 1. The van der Waals surface area contributed by atoms with Crippen LogP contribution in [-0.4, -0.2) is 75.7 Å². The molecule has 0 aromatic heterocycles. The highest BCUT2D eigenvalue weighted by atomic mass is 16.6. The zero-order valence-corrected chi connectivity index (χ0v) is 22.4. The smallest absolute Gasteiger partial charge is 0.277 e. The molecular weight excluding hydrogens is 560 g/mol. The summed E-state index contributed by atoms with van der Waals surface area (Å²) in [6.45, 7) is 2.87. The minimum absolute atomic E-state index is 0.167. The third kappa shape index (κ3) is 9.91. The molecule has 226 valence electrons. The molecule has 4 N–H and O–H groups in total. The first-order valence-corrected chi connectivity index (χ1v) is 12.8. The normalized spacial score (nSPS) is 10.7. The first-order chi connectivity index (χ1) is 20.0. The number of hydrogen-bond acceptors (Lipinski definition) is 13. The number of non-ortho nitro benzene ring substituents is 4. The maximum atomic E-state index is 13.4. The second-order valence-electron chi connectivity index (χ2n) is 8.97. The molecule has 0 aliphatic carbocycles. The van der Waals surface area contributed by atoms with E-state index in [1.54, 1.807) is 0 Å². The Kier molecular flexibility index (Phi) is 13.0. The van der Waals surface area contributed by atoms with Gasteiger partial charge in [0, 0.05) is 30.8 Å². The lowest BCUT2D eigenvalue weighted by molar-refractivity contribution is -0.394. The van der Waals surface area contributed by atoms with Crippen molar-refractivity contribution in [2.75, 3.05) is 39.3 Å². The number of benzene rings is 2. The van der Waals surface area contributed by atoms with Gasteiger partial charge < -0.3 is 16.4 Å². The van der Waals surface area contributed by atoms with E-state index in [-0.39, 0.29) is 13.0 Å². The van der Waals surface area contributed by atoms with Crippen LogP contribution in [0.3, 0.4) is 0 Å². The molecule has 18 nitrogen and oxygen atoms in total. The zero-order chi connectivity index (χ0) is 31.2. The molecule has 2 aromatic carbocycles. The minimum Gasteiger partial charge on any atom is -0.330 e. The van der Waals surface area contributed by atoms with Gasteiger partial charge in [0.2, 0.25) is 0 Å². The van der Waals surface area contributed by atoms with E-state index in [1.807, 2.05) is 0 Å². The number of unbranched alkanes of at least 4 members (excludes halogenated alkanes) is 1. The van der Waals surface area contributed by atoms with Gasteiger partial charge in [0.15, 0.2) is 0 Å². The maximum absolute atomic E-state index is 13.4. The fourth-order valence-corrected chi connectivity index (χ4v) is 3.81. The van der Waals surface area contributed by atoms with E-state index in [2.05, 4.69) is 10.6 Å². The molecule has 2 rings (SSSR count).